The second-order valence-electron chi connectivity index (χ2n) is 2.87. The molecule has 0 aliphatic rings. The van der Waals surface area contributed by atoms with Crippen molar-refractivity contribution in [3.8, 4) is 0 Å². The average Bonchev–Trinajstić information content (AvgIpc) is 2.22. The molecule has 4 N–H and O–H groups in total. The van der Waals surface area contributed by atoms with E-state index in [0.29, 0.717) is 12.0 Å². The molecular formula is C8H14N2O4. The summed E-state index contributed by atoms with van der Waals surface area (Å²) in [6, 6.07) is 0. The van der Waals surface area contributed by atoms with Crippen LogP contribution in [0.15, 0.2) is 11.6 Å². The lowest BCUT2D eigenvalue weighted by Gasteiger charge is -2.05. The van der Waals surface area contributed by atoms with E-state index in [1.165, 1.54) is 13.0 Å². The first-order chi connectivity index (χ1) is 6.52. The van der Waals surface area contributed by atoms with Crippen molar-refractivity contribution >= 4 is 11.9 Å². The molecule has 14 heavy (non-hydrogen) atoms. The molecule has 1 unspecified atom stereocenters. The number of carbonyl (C=O) groups excluding carboxylic acids is 2. The van der Waals surface area contributed by atoms with Crippen molar-refractivity contribution in [1.82, 2.24) is 0 Å². The van der Waals surface area contributed by atoms with E-state index in [9.17, 15) is 9.59 Å². The highest BCUT2D eigenvalue weighted by Crippen LogP contribution is 2.07. The Morgan fingerprint density at radius 2 is 1.93 bits per heavy atom. The van der Waals surface area contributed by atoms with Crippen LogP contribution in [0.2, 0.25) is 0 Å². The molecule has 0 aromatic rings. The quantitative estimate of drug-likeness (QED) is 0.483. The van der Waals surface area contributed by atoms with Crippen molar-refractivity contribution < 1.29 is 19.3 Å². The second kappa shape index (κ2) is 6.11. The molecule has 0 aromatic heterocycles. The second-order valence-corrected chi connectivity index (χ2v) is 2.87. The number of hydrogen-bond donors (Lipinski definition) is 2. The molecule has 0 radical (unpaired) electrons. The predicted octanol–water partition coefficient (Wildman–Crippen LogP) is -0.207. The minimum atomic E-state index is -0.627. The van der Waals surface area contributed by atoms with Crippen LogP contribution in [-0.4, -0.2) is 11.9 Å². The van der Waals surface area contributed by atoms with Crippen LogP contribution in [0.5, 0.6) is 0 Å². The van der Waals surface area contributed by atoms with Crippen molar-refractivity contribution in [2.45, 2.75) is 20.3 Å². The highest BCUT2D eigenvalue weighted by Gasteiger charge is 2.13. The fourth-order valence-corrected chi connectivity index (χ4v) is 0.742. The van der Waals surface area contributed by atoms with Gasteiger partial charge >= 0.3 is 11.9 Å². The molecule has 6 heteroatoms. The van der Waals surface area contributed by atoms with Crippen LogP contribution in [0.4, 0.5) is 0 Å². The third-order valence-corrected chi connectivity index (χ3v) is 1.73. The number of nitrogens with two attached hydrogens (primary N) is 2. The molecule has 0 bridgehead atoms. The fourth-order valence-electron chi connectivity index (χ4n) is 0.742. The molecule has 0 saturated carbocycles. The summed E-state index contributed by atoms with van der Waals surface area (Å²) in [4.78, 5) is 29.7. The van der Waals surface area contributed by atoms with E-state index in [0.717, 1.165) is 0 Å². The van der Waals surface area contributed by atoms with Gasteiger partial charge in [-0.15, -0.1) is 0 Å². The van der Waals surface area contributed by atoms with Crippen LogP contribution in [0.25, 0.3) is 0 Å². The Hall–Kier alpha value is -1.40. The Morgan fingerprint density at radius 1 is 1.36 bits per heavy atom. The highest BCUT2D eigenvalue weighted by atomic mass is 16.7. The van der Waals surface area contributed by atoms with Crippen molar-refractivity contribution in [2.75, 3.05) is 0 Å². The first kappa shape index (κ1) is 12.6. The monoisotopic (exact) mass is 202 g/mol. The van der Waals surface area contributed by atoms with Gasteiger partial charge in [-0.1, -0.05) is 13.0 Å². The molecule has 6 nitrogen and oxygen atoms in total. The van der Waals surface area contributed by atoms with Gasteiger partial charge in [0.2, 0.25) is 0 Å². The summed E-state index contributed by atoms with van der Waals surface area (Å²) in [6.07, 6.45) is 1.88. The number of hydrogen-bond acceptors (Lipinski definition) is 6. The number of rotatable bonds is 4. The Kier molecular flexibility index (Phi) is 5.50. The van der Waals surface area contributed by atoms with Gasteiger partial charge in [-0.25, -0.2) is 4.79 Å². The Morgan fingerprint density at radius 3 is 2.36 bits per heavy atom. The van der Waals surface area contributed by atoms with Gasteiger partial charge in [0, 0.05) is 5.57 Å². The number of allylic oxidation sites excluding steroid dienone is 1. The van der Waals surface area contributed by atoms with Crippen molar-refractivity contribution in [3.05, 3.63) is 11.6 Å². The van der Waals surface area contributed by atoms with Gasteiger partial charge in [0.25, 0.3) is 0 Å². The maximum absolute atomic E-state index is 10.8. The third kappa shape index (κ3) is 4.01. The van der Waals surface area contributed by atoms with Gasteiger partial charge in [0.15, 0.2) is 0 Å². The lowest BCUT2D eigenvalue weighted by atomic mass is 10.1. The van der Waals surface area contributed by atoms with Gasteiger partial charge in [-0.05, 0) is 13.3 Å². The van der Waals surface area contributed by atoms with Gasteiger partial charge in [0.1, 0.15) is 0 Å². The fraction of sp³-hybridized carbons (Fsp3) is 0.500. The summed E-state index contributed by atoms with van der Waals surface area (Å²) in [6.45, 7) is 3.17. The van der Waals surface area contributed by atoms with E-state index < -0.39 is 17.9 Å². The van der Waals surface area contributed by atoms with Gasteiger partial charge in [-0.2, -0.15) is 11.8 Å². The smallest absolute Gasteiger partial charge is 0.351 e. The predicted molar refractivity (Wildman–Crippen MR) is 48.1 cm³/mol. The molecule has 0 saturated heterocycles. The molecule has 1 atom stereocenters. The van der Waals surface area contributed by atoms with Crippen LogP contribution in [0.1, 0.15) is 20.3 Å². The SMILES string of the molecule is C/C(=C\CC(C)C(=O)ON)C(=O)ON. The summed E-state index contributed by atoms with van der Waals surface area (Å²) in [5, 5.41) is 0. The molecular weight excluding hydrogens is 188 g/mol. The average molecular weight is 202 g/mol. The molecule has 0 rings (SSSR count). The van der Waals surface area contributed by atoms with E-state index in [1.54, 1.807) is 6.92 Å². The van der Waals surface area contributed by atoms with Crippen molar-refractivity contribution in [1.29, 1.82) is 0 Å². The molecule has 0 aliphatic heterocycles. The normalized spacial score (nSPS) is 13.3. The zero-order valence-corrected chi connectivity index (χ0v) is 8.15. The molecule has 0 aromatic carbocycles. The van der Waals surface area contributed by atoms with E-state index in [1.807, 2.05) is 0 Å². The lowest BCUT2D eigenvalue weighted by Crippen LogP contribution is -2.18. The minimum Gasteiger partial charge on any atom is -0.373 e. The van der Waals surface area contributed by atoms with Crippen molar-refractivity contribution in [2.24, 2.45) is 17.7 Å². The first-order valence-corrected chi connectivity index (χ1v) is 4.01. The third-order valence-electron chi connectivity index (χ3n) is 1.73. The minimum absolute atomic E-state index is 0.337. The standard InChI is InChI=1S/C8H14N2O4/c1-5(7(11)13-9)3-4-6(2)8(12)14-10/h3,6H,4,9-10H2,1-2H3/b5-3+. The van der Waals surface area contributed by atoms with Gasteiger partial charge in [-0.3, -0.25) is 4.79 Å². The van der Waals surface area contributed by atoms with Crippen LogP contribution >= 0.6 is 0 Å². The molecule has 80 valence electrons. The van der Waals surface area contributed by atoms with Gasteiger partial charge < -0.3 is 9.68 Å². The zero-order valence-electron chi connectivity index (χ0n) is 8.15. The van der Waals surface area contributed by atoms with E-state index >= 15 is 0 Å². The van der Waals surface area contributed by atoms with Gasteiger partial charge in [0.05, 0.1) is 5.92 Å². The maximum Gasteiger partial charge on any atom is 0.351 e. The van der Waals surface area contributed by atoms with Crippen LogP contribution < -0.4 is 11.8 Å². The molecule has 0 amide bonds. The summed E-state index contributed by atoms with van der Waals surface area (Å²) in [5.74, 6) is 7.79. The van der Waals surface area contributed by atoms with E-state index in [2.05, 4.69) is 21.5 Å². The summed E-state index contributed by atoms with van der Waals surface area (Å²) in [7, 11) is 0. The van der Waals surface area contributed by atoms with Crippen LogP contribution in [0, 0.1) is 5.92 Å². The maximum atomic E-state index is 10.8. The summed E-state index contributed by atoms with van der Waals surface area (Å²) in [5.41, 5.74) is 0.337. The number of carbonyl (C=O) groups is 2. The van der Waals surface area contributed by atoms with E-state index in [4.69, 9.17) is 0 Å². The molecule has 0 aliphatic carbocycles. The Bertz CT molecular complexity index is 250. The topological polar surface area (TPSA) is 105 Å². The highest BCUT2D eigenvalue weighted by molar-refractivity contribution is 5.87. The molecule has 0 fully saturated rings. The lowest BCUT2D eigenvalue weighted by molar-refractivity contribution is -0.148. The Labute approximate surface area is 81.7 Å². The molecule has 0 heterocycles. The Balaban J connectivity index is 4.15. The van der Waals surface area contributed by atoms with Crippen LogP contribution in [0.3, 0.4) is 0 Å². The molecule has 0 spiro atoms. The summed E-state index contributed by atoms with van der Waals surface area (Å²) < 4.78 is 0. The first-order valence-electron chi connectivity index (χ1n) is 4.01. The van der Waals surface area contributed by atoms with E-state index in [-0.39, 0.29) is 0 Å². The zero-order chi connectivity index (χ0) is 11.1. The largest absolute Gasteiger partial charge is 0.373 e. The summed E-state index contributed by atoms with van der Waals surface area (Å²) >= 11 is 0. The van der Waals surface area contributed by atoms with Crippen LogP contribution in [-0.2, 0) is 19.3 Å². The van der Waals surface area contributed by atoms with Crippen molar-refractivity contribution in [3.63, 3.8) is 0 Å².